The molecule has 4 aromatic rings. The SMILES string of the molecule is [2H]c1c([2H])c([2H])c(-c2ccc3c(-c4cc(C)cc(C)c4)nccc3c2)c([2H])c1[2H]. The van der Waals surface area contributed by atoms with E-state index in [9.17, 15) is 0 Å². The molecule has 0 bridgehead atoms. The van der Waals surface area contributed by atoms with Crippen molar-refractivity contribution in [1.29, 1.82) is 0 Å². The highest BCUT2D eigenvalue weighted by molar-refractivity contribution is 5.96. The Kier molecular flexibility index (Phi) is 2.48. The lowest BCUT2D eigenvalue weighted by atomic mass is 9.97. The topological polar surface area (TPSA) is 12.9 Å². The predicted octanol–water partition coefficient (Wildman–Crippen LogP) is 6.19. The lowest BCUT2D eigenvalue weighted by Gasteiger charge is -2.10. The smallest absolute Gasteiger partial charge is 0.0780 e. The molecule has 0 aliphatic rings. The molecule has 0 fully saturated rings. The van der Waals surface area contributed by atoms with Crippen LogP contribution in [-0.2, 0) is 0 Å². The Morgan fingerprint density at radius 3 is 2.25 bits per heavy atom. The van der Waals surface area contributed by atoms with Crippen LogP contribution in [0.25, 0.3) is 33.2 Å². The van der Waals surface area contributed by atoms with E-state index in [1.165, 1.54) is 0 Å². The zero-order valence-electron chi connectivity index (χ0n) is 18.6. The average Bonchev–Trinajstić information content (AvgIpc) is 2.69. The van der Waals surface area contributed by atoms with E-state index < -0.39 is 0 Å². The van der Waals surface area contributed by atoms with Gasteiger partial charge in [0, 0.05) is 17.1 Å². The maximum atomic E-state index is 8.22. The molecular formula is C23H19N. The largest absolute Gasteiger partial charge is 0.256 e. The average molecular weight is 314 g/mol. The van der Waals surface area contributed by atoms with Crippen molar-refractivity contribution in [3.63, 3.8) is 0 Å². The van der Waals surface area contributed by atoms with E-state index in [-0.39, 0.29) is 35.8 Å². The number of hydrogen-bond donors (Lipinski definition) is 0. The Bertz CT molecular complexity index is 1230. The van der Waals surface area contributed by atoms with E-state index in [1.54, 1.807) is 12.3 Å². The maximum Gasteiger partial charge on any atom is 0.0780 e. The van der Waals surface area contributed by atoms with Gasteiger partial charge in [0.1, 0.15) is 0 Å². The van der Waals surface area contributed by atoms with Crippen LogP contribution in [0.1, 0.15) is 18.0 Å². The fourth-order valence-corrected chi connectivity index (χ4v) is 3.07. The normalized spacial score (nSPS) is 13.8. The summed E-state index contributed by atoms with van der Waals surface area (Å²) >= 11 is 0. The maximum absolute atomic E-state index is 8.22. The van der Waals surface area contributed by atoms with E-state index >= 15 is 0 Å². The van der Waals surface area contributed by atoms with Crippen LogP contribution in [0.2, 0.25) is 0 Å². The molecule has 0 N–H and O–H groups in total. The second-order valence-corrected chi connectivity index (χ2v) is 5.97. The molecule has 3 aromatic carbocycles. The third-order valence-electron chi connectivity index (χ3n) is 4.05. The zero-order valence-corrected chi connectivity index (χ0v) is 13.6. The summed E-state index contributed by atoms with van der Waals surface area (Å²) in [7, 11) is 0. The molecule has 1 heteroatoms. The second kappa shape index (κ2) is 5.93. The van der Waals surface area contributed by atoms with Crippen LogP contribution in [0.4, 0.5) is 0 Å². The number of fused-ring (bicyclic) bond motifs is 1. The third kappa shape index (κ3) is 2.69. The summed E-state index contributed by atoms with van der Waals surface area (Å²) in [6.45, 7) is 4.11. The van der Waals surface area contributed by atoms with E-state index in [1.807, 2.05) is 18.2 Å². The summed E-state index contributed by atoms with van der Waals surface area (Å²) in [5.74, 6) is 0. The fourth-order valence-electron chi connectivity index (χ4n) is 3.07. The molecule has 0 radical (unpaired) electrons. The highest BCUT2D eigenvalue weighted by Crippen LogP contribution is 2.31. The standard InChI is InChI=1S/C23H19N/c1-16-12-17(2)14-21(13-16)23-22-9-8-19(15-20(22)10-11-24-23)18-6-4-3-5-7-18/h3-15H,1-2H3/i3D,4D,5D,6D,7D. The first-order valence-electron chi connectivity index (χ1n) is 10.3. The van der Waals surface area contributed by atoms with Gasteiger partial charge >= 0.3 is 0 Å². The van der Waals surface area contributed by atoms with E-state index in [2.05, 4.69) is 37.0 Å². The summed E-state index contributed by atoms with van der Waals surface area (Å²) < 4.78 is 40.1. The van der Waals surface area contributed by atoms with Crippen LogP contribution in [0, 0.1) is 13.8 Å². The van der Waals surface area contributed by atoms with Gasteiger partial charge in [-0.15, -0.1) is 0 Å². The molecule has 0 spiro atoms. The number of aromatic nitrogens is 1. The Hall–Kier alpha value is -2.93. The van der Waals surface area contributed by atoms with Crippen LogP contribution >= 0.6 is 0 Å². The van der Waals surface area contributed by atoms with Gasteiger partial charge in [0.2, 0.25) is 0 Å². The van der Waals surface area contributed by atoms with Gasteiger partial charge < -0.3 is 0 Å². The highest BCUT2D eigenvalue weighted by atomic mass is 14.7. The van der Waals surface area contributed by atoms with Crippen molar-refractivity contribution in [1.82, 2.24) is 4.98 Å². The molecule has 24 heavy (non-hydrogen) atoms. The quantitative estimate of drug-likeness (QED) is 0.430. The van der Waals surface area contributed by atoms with Gasteiger partial charge in [-0.2, -0.15) is 0 Å². The molecule has 0 aliphatic carbocycles. The van der Waals surface area contributed by atoms with Gasteiger partial charge in [-0.3, -0.25) is 4.98 Å². The Balaban J connectivity index is 1.94. The van der Waals surface area contributed by atoms with Gasteiger partial charge in [-0.25, -0.2) is 0 Å². The molecule has 1 heterocycles. The molecule has 116 valence electrons. The van der Waals surface area contributed by atoms with Gasteiger partial charge in [0.25, 0.3) is 0 Å². The van der Waals surface area contributed by atoms with Crippen LogP contribution in [0.15, 0.2) is 78.9 Å². The third-order valence-corrected chi connectivity index (χ3v) is 4.05. The molecule has 0 aliphatic heterocycles. The van der Waals surface area contributed by atoms with Gasteiger partial charge in [-0.1, -0.05) is 59.5 Å². The summed E-state index contributed by atoms with van der Waals surface area (Å²) in [5, 5.41) is 1.85. The molecule has 0 saturated heterocycles. The minimum atomic E-state index is -0.383. The molecule has 4 rings (SSSR count). The molecule has 0 unspecified atom stereocenters. The minimum Gasteiger partial charge on any atom is -0.256 e. The second-order valence-electron chi connectivity index (χ2n) is 5.97. The van der Waals surface area contributed by atoms with Crippen LogP contribution in [-0.4, -0.2) is 4.98 Å². The zero-order chi connectivity index (χ0) is 20.9. The molecule has 1 aromatic heterocycles. The van der Waals surface area contributed by atoms with E-state index in [4.69, 9.17) is 6.85 Å². The monoisotopic (exact) mass is 314 g/mol. The Labute approximate surface area is 149 Å². The molecule has 0 amide bonds. The van der Waals surface area contributed by atoms with Crippen molar-refractivity contribution in [3.8, 4) is 22.4 Å². The number of rotatable bonds is 2. The number of hydrogen-bond acceptors (Lipinski definition) is 1. The summed E-state index contributed by atoms with van der Waals surface area (Å²) in [6.07, 6.45) is 1.74. The van der Waals surface area contributed by atoms with Crippen LogP contribution in [0.5, 0.6) is 0 Å². The Morgan fingerprint density at radius 1 is 0.750 bits per heavy atom. The van der Waals surface area contributed by atoms with Gasteiger partial charge in [0.05, 0.1) is 12.5 Å². The molecular weight excluding hydrogens is 290 g/mol. The van der Waals surface area contributed by atoms with Crippen LogP contribution in [0.3, 0.4) is 0 Å². The van der Waals surface area contributed by atoms with E-state index in [0.717, 1.165) is 33.2 Å². The van der Waals surface area contributed by atoms with Crippen molar-refractivity contribution >= 4 is 10.8 Å². The minimum absolute atomic E-state index is 0.195. The number of aryl methyl sites for hydroxylation is 2. The first kappa shape index (κ1) is 10.0. The first-order chi connectivity index (χ1) is 13.8. The molecule has 0 saturated carbocycles. The Morgan fingerprint density at radius 2 is 1.50 bits per heavy atom. The number of benzene rings is 3. The highest BCUT2D eigenvalue weighted by Gasteiger charge is 2.08. The van der Waals surface area contributed by atoms with Crippen molar-refractivity contribution in [3.05, 3.63) is 90.0 Å². The lowest BCUT2D eigenvalue weighted by molar-refractivity contribution is 1.32. The summed E-state index contributed by atoms with van der Waals surface area (Å²) in [5.41, 5.74) is 5.02. The van der Waals surface area contributed by atoms with Gasteiger partial charge in [-0.05, 0) is 54.6 Å². The van der Waals surface area contributed by atoms with Crippen molar-refractivity contribution < 1.29 is 6.85 Å². The van der Waals surface area contributed by atoms with E-state index in [0.29, 0.717) is 5.56 Å². The predicted molar refractivity (Wildman–Crippen MR) is 102 cm³/mol. The van der Waals surface area contributed by atoms with Gasteiger partial charge in [0.15, 0.2) is 0 Å². The summed E-state index contributed by atoms with van der Waals surface area (Å²) in [6, 6.07) is 12.3. The first-order valence-corrected chi connectivity index (χ1v) is 7.82. The molecule has 1 nitrogen and oxygen atoms in total. The number of nitrogens with zero attached hydrogens (tertiary/aromatic N) is 1. The summed E-state index contributed by atoms with van der Waals surface area (Å²) in [4.78, 5) is 4.58. The van der Waals surface area contributed by atoms with Crippen molar-refractivity contribution in [2.24, 2.45) is 0 Å². The van der Waals surface area contributed by atoms with Crippen molar-refractivity contribution in [2.75, 3.05) is 0 Å². The molecule has 0 atom stereocenters. The fraction of sp³-hybridized carbons (Fsp3) is 0.0870. The lowest BCUT2D eigenvalue weighted by Crippen LogP contribution is -1.89. The van der Waals surface area contributed by atoms with Crippen molar-refractivity contribution in [2.45, 2.75) is 13.8 Å². The number of pyridine rings is 1. The van der Waals surface area contributed by atoms with Crippen LogP contribution < -0.4 is 0 Å².